The molecule has 1 aliphatic heterocycles. The Kier molecular flexibility index (Phi) is 3.24. The molecule has 1 aliphatic carbocycles. The molecule has 2 atom stereocenters. The van der Waals surface area contributed by atoms with Crippen molar-refractivity contribution in [2.24, 2.45) is 11.7 Å². The summed E-state index contributed by atoms with van der Waals surface area (Å²) in [6.45, 7) is 5.94. The second kappa shape index (κ2) is 4.45. The monoisotopic (exact) mass is 194 g/mol. The molecular formula is C12H22N2. The molecule has 0 spiro atoms. The molecule has 1 fully saturated rings. The number of rotatable bonds is 2. The van der Waals surface area contributed by atoms with Crippen LogP contribution in [0.25, 0.3) is 0 Å². The van der Waals surface area contributed by atoms with Gasteiger partial charge in [0.1, 0.15) is 0 Å². The third-order valence-corrected chi connectivity index (χ3v) is 3.62. The van der Waals surface area contributed by atoms with E-state index in [0.29, 0.717) is 6.04 Å². The maximum Gasteiger partial charge on any atom is 0.0165 e. The third-order valence-electron chi connectivity index (χ3n) is 3.62. The van der Waals surface area contributed by atoms with E-state index in [1.807, 2.05) is 0 Å². The van der Waals surface area contributed by atoms with Gasteiger partial charge in [-0.15, -0.1) is 0 Å². The Morgan fingerprint density at radius 3 is 2.93 bits per heavy atom. The maximum absolute atomic E-state index is 5.92. The van der Waals surface area contributed by atoms with Gasteiger partial charge in [-0.25, -0.2) is 0 Å². The molecule has 0 bridgehead atoms. The molecule has 2 N–H and O–H groups in total. The van der Waals surface area contributed by atoms with E-state index in [0.717, 1.165) is 12.5 Å². The van der Waals surface area contributed by atoms with Crippen LogP contribution in [0, 0.1) is 5.92 Å². The lowest BCUT2D eigenvalue weighted by atomic mass is 10.0. The SMILES string of the molecule is CC1=CCN(CC2CCC(N)C2)CC1. The average molecular weight is 194 g/mol. The summed E-state index contributed by atoms with van der Waals surface area (Å²) in [5, 5.41) is 0. The third kappa shape index (κ3) is 2.58. The van der Waals surface area contributed by atoms with Crippen molar-refractivity contribution in [2.75, 3.05) is 19.6 Å². The highest BCUT2D eigenvalue weighted by atomic mass is 15.1. The summed E-state index contributed by atoms with van der Waals surface area (Å²) in [5.41, 5.74) is 7.48. The minimum absolute atomic E-state index is 0.488. The predicted molar refractivity (Wildman–Crippen MR) is 60.1 cm³/mol. The zero-order chi connectivity index (χ0) is 9.97. The van der Waals surface area contributed by atoms with Crippen LogP contribution in [0.5, 0.6) is 0 Å². The minimum atomic E-state index is 0.488. The molecule has 2 unspecified atom stereocenters. The van der Waals surface area contributed by atoms with E-state index in [-0.39, 0.29) is 0 Å². The molecule has 0 radical (unpaired) electrons. The fourth-order valence-corrected chi connectivity index (χ4v) is 2.62. The molecule has 2 aliphatic rings. The highest BCUT2D eigenvalue weighted by Crippen LogP contribution is 2.25. The lowest BCUT2D eigenvalue weighted by Gasteiger charge is -2.27. The molecular weight excluding hydrogens is 172 g/mol. The van der Waals surface area contributed by atoms with E-state index in [2.05, 4.69) is 17.9 Å². The first kappa shape index (κ1) is 10.2. The van der Waals surface area contributed by atoms with Crippen molar-refractivity contribution in [2.45, 2.75) is 38.6 Å². The normalized spacial score (nSPS) is 34.6. The molecule has 1 saturated carbocycles. The van der Waals surface area contributed by atoms with Crippen LogP contribution < -0.4 is 5.73 Å². The highest BCUT2D eigenvalue weighted by molar-refractivity contribution is 5.03. The van der Waals surface area contributed by atoms with Crippen LogP contribution in [-0.4, -0.2) is 30.6 Å². The standard InChI is InChI=1S/C12H22N2/c1-10-4-6-14(7-5-10)9-11-2-3-12(13)8-11/h4,11-12H,2-3,5-9,13H2,1H3. The molecule has 0 aromatic rings. The maximum atomic E-state index is 5.92. The van der Waals surface area contributed by atoms with Crippen molar-refractivity contribution < 1.29 is 0 Å². The van der Waals surface area contributed by atoms with Gasteiger partial charge < -0.3 is 5.73 Å². The van der Waals surface area contributed by atoms with Gasteiger partial charge in [-0.2, -0.15) is 0 Å². The van der Waals surface area contributed by atoms with Gasteiger partial charge in [-0.3, -0.25) is 4.90 Å². The molecule has 0 aromatic carbocycles. The summed E-state index contributed by atoms with van der Waals surface area (Å²) in [6.07, 6.45) is 7.48. The van der Waals surface area contributed by atoms with Crippen LogP contribution in [0.1, 0.15) is 32.6 Å². The Balaban J connectivity index is 1.76. The second-order valence-corrected chi connectivity index (χ2v) is 5.00. The van der Waals surface area contributed by atoms with E-state index < -0.39 is 0 Å². The summed E-state index contributed by atoms with van der Waals surface area (Å²) in [7, 11) is 0. The number of nitrogens with two attached hydrogens (primary N) is 1. The molecule has 2 nitrogen and oxygen atoms in total. The fraction of sp³-hybridized carbons (Fsp3) is 0.833. The summed E-state index contributed by atoms with van der Waals surface area (Å²) < 4.78 is 0. The summed E-state index contributed by atoms with van der Waals surface area (Å²) >= 11 is 0. The van der Waals surface area contributed by atoms with Crippen LogP contribution in [0.4, 0.5) is 0 Å². The zero-order valence-electron chi connectivity index (χ0n) is 9.21. The minimum Gasteiger partial charge on any atom is -0.328 e. The molecule has 2 heteroatoms. The summed E-state index contributed by atoms with van der Waals surface area (Å²) in [6, 6.07) is 0.488. The van der Waals surface area contributed by atoms with Crippen LogP contribution in [0.15, 0.2) is 11.6 Å². The van der Waals surface area contributed by atoms with Gasteiger partial charge >= 0.3 is 0 Å². The van der Waals surface area contributed by atoms with Crippen molar-refractivity contribution >= 4 is 0 Å². The quantitative estimate of drug-likeness (QED) is 0.679. The number of hydrogen-bond donors (Lipinski definition) is 1. The molecule has 14 heavy (non-hydrogen) atoms. The molecule has 0 aromatic heterocycles. The first-order chi connectivity index (χ1) is 6.74. The van der Waals surface area contributed by atoms with Crippen molar-refractivity contribution in [3.05, 3.63) is 11.6 Å². The second-order valence-electron chi connectivity index (χ2n) is 5.00. The van der Waals surface area contributed by atoms with Gasteiger partial charge in [0.2, 0.25) is 0 Å². The largest absolute Gasteiger partial charge is 0.328 e. The Labute approximate surface area is 87.2 Å². The van der Waals surface area contributed by atoms with Gasteiger partial charge in [0, 0.05) is 25.7 Å². The van der Waals surface area contributed by atoms with Crippen LogP contribution in [0.3, 0.4) is 0 Å². The van der Waals surface area contributed by atoms with Crippen LogP contribution >= 0.6 is 0 Å². The van der Waals surface area contributed by atoms with Gasteiger partial charge in [-0.1, -0.05) is 11.6 Å². The molecule has 1 heterocycles. The predicted octanol–water partition coefficient (Wildman–Crippen LogP) is 1.77. The first-order valence-electron chi connectivity index (χ1n) is 5.87. The van der Waals surface area contributed by atoms with Crippen molar-refractivity contribution in [3.8, 4) is 0 Å². The van der Waals surface area contributed by atoms with Crippen molar-refractivity contribution in [1.82, 2.24) is 4.90 Å². The number of nitrogens with zero attached hydrogens (tertiary/aromatic N) is 1. The Bertz CT molecular complexity index is 222. The zero-order valence-corrected chi connectivity index (χ0v) is 9.21. The van der Waals surface area contributed by atoms with E-state index in [4.69, 9.17) is 5.73 Å². The fourth-order valence-electron chi connectivity index (χ4n) is 2.62. The van der Waals surface area contributed by atoms with Crippen LogP contribution in [-0.2, 0) is 0 Å². The highest BCUT2D eigenvalue weighted by Gasteiger charge is 2.23. The van der Waals surface area contributed by atoms with Gasteiger partial charge in [0.25, 0.3) is 0 Å². The van der Waals surface area contributed by atoms with Crippen molar-refractivity contribution in [3.63, 3.8) is 0 Å². The van der Waals surface area contributed by atoms with Crippen LogP contribution in [0.2, 0.25) is 0 Å². The van der Waals surface area contributed by atoms with Gasteiger partial charge in [0.05, 0.1) is 0 Å². The molecule has 2 rings (SSSR count). The van der Waals surface area contributed by atoms with Crippen molar-refractivity contribution in [1.29, 1.82) is 0 Å². The average Bonchev–Trinajstić information content (AvgIpc) is 2.56. The Morgan fingerprint density at radius 2 is 2.36 bits per heavy atom. The van der Waals surface area contributed by atoms with E-state index in [9.17, 15) is 0 Å². The summed E-state index contributed by atoms with van der Waals surface area (Å²) in [4.78, 5) is 2.58. The molecule has 0 amide bonds. The smallest absolute Gasteiger partial charge is 0.0165 e. The first-order valence-corrected chi connectivity index (χ1v) is 5.87. The van der Waals surface area contributed by atoms with Gasteiger partial charge in [0.15, 0.2) is 0 Å². The molecule has 0 saturated heterocycles. The lowest BCUT2D eigenvalue weighted by molar-refractivity contribution is 0.246. The van der Waals surface area contributed by atoms with Gasteiger partial charge in [-0.05, 0) is 38.5 Å². The number of hydrogen-bond acceptors (Lipinski definition) is 2. The van der Waals surface area contributed by atoms with E-state index >= 15 is 0 Å². The Morgan fingerprint density at radius 1 is 1.50 bits per heavy atom. The summed E-state index contributed by atoms with van der Waals surface area (Å²) in [5.74, 6) is 0.872. The van der Waals surface area contributed by atoms with E-state index in [1.165, 1.54) is 38.8 Å². The molecule has 80 valence electrons. The Hall–Kier alpha value is -0.340. The van der Waals surface area contributed by atoms with E-state index in [1.54, 1.807) is 5.57 Å². The topological polar surface area (TPSA) is 29.3 Å². The lowest BCUT2D eigenvalue weighted by Crippen LogP contribution is -2.33.